The smallest absolute Gasteiger partial charge is 0.411 e. The van der Waals surface area contributed by atoms with Crippen LogP contribution in [0.4, 0.5) is 4.79 Å². The van der Waals surface area contributed by atoms with E-state index in [-0.39, 0.29) is 23.2 Å². The molecule has 2 aliphatic rings. The lowest BCUT2D eigenvalue weighted by molar-refractivity contribution is -0.000323. The number of nitrogens with zero attached hydrogens (tertiary/aromatic N) is 2. The minimum atomic E-state index is -1.93. The van der Waals surface area contributed by atoms with Gasteiger partial charge in [0.25, 0.3) is 0 Å². The summed E-state index contributed by atoms with van der Waals surface area (Å²) in [6, 6.07) is -0.126. The summed E-state index contributed by atoms with van der Waals surface area (Å²) in [7, 11) is -1.93. The third kappa shape index (κ3) is 4.09. The fraction of sp³-hybridized carbons (Fsp3) is 0.800. The van der Waals surface area contributed by atoms with Crippen LogP contribution in [0, 0.1) is 5.92 Å². The van der Waals surface area contributed by atoms with Crippen molar-refractivity contribution in [3.8, 4) is 0 Å². The second-order valence-electron chi connectivity index (χ2n) is 10.5. The topological polar surface area (TPSA) is 67.4 Å². The van der Waals surface area contributed by atoms with Gasteiger partial charge in [0.2, 0.25) is 0 Å². The molecule has 1 fully saturated rings. The Balaban J connectivity index is 1.88. The maximum Gasteiger partial charge on any atom is 0.411 e. The number of fused-ring (bicyclic) bond motifs is 1. The molecule has 6 nitrogen and oxygen atoms in total. The van der Waals surface area contributed by atoms with Gasteiger partial charge < -0.3 is 9.16 Å². The second kappa shape index (κ2) is 6.62. The molecule has 1 aliphatic heterocycles. The van der Waals surface area contributed by atoms with E-state index in [1.165, 1.54) is 0 Å². The molecule has 27 heavy (non-hydrogen) atoms. The number of aromatic amines is 1. The molecule has 0 aromatic carbocycles. The van der Waals surface area contributed by atoms with Gasteiger partial charge >= 0.3 is 6.09 Å². The first kappa shape index (κ1) is 20.4. The Hall–Kier alpha value is -1.34. The number of nitrogens with one attached hydrogen (secondary N) is 1. The molecule has 1 aliphatic carbocycles. The zero-order valence-electron chi connectivity index (χ0n) is 18.0. The van der Waals surface area contributed by atoms with E-state index in [0.717, 1.165) is 24.1 Å². The van der Waals surface area contributed by atoms with Crippen LogP contribution in [0.5, 0.6) is 0 Å². The van der Waals surface area contributed by atoms with Crippen molar-refractivity contribution < 1.29 is 14.0 Å². The number of aromatic nitrogens is 2. The lowest BCUT2D eigenvalue weighted by Gasteiger charge is -2.39. The number of carbonyl (C=O) groups is 1. The van der Waals surface area contributed by atoms with E-state index in [4.69, 9.17) is 9.16 Å². The number of hydrogen-bond donors (Lipinski definition) is 1. The summed E-state index contributed by atoms with van der Waals surface area (Å²) >= 11 is 0. The van der Waals surface area contributed by atoms with Crippen LogP contribution >= 0.6 is 0 Å². The van der Waals surface area contributed by atoms with Gasteiger partial charge in [-0.25, -0.2) is 4.79 Å². The van der Waals surface area contributed by atoms with Crippen molar-refractivity contribution >= 4 is 14.4 Å². The van der Waals surface area contributed by atoms with Crippen LogP contribution in [0.3, 0.4) is 0 Å². The summed E-state index contributed by atoms with van der Waals surface area (Å²) in [5, 5.41) is 7.53. The van der Waals surface area contributed by atoms with Gasteiger partial charge in [-0.1, -0.05) is 20.8 Å². The van der Waals surface area contributed by atoms with Crippen molar-refractivity contribution in [3.63, 3.8) is 0 Å². The van der Waals surface area contributed by atoms with E-state index in [9.17, 15) is 4.79 Å². The fourth-order valence-corrected chi connectivity index (χ4v) is 4.41. The quantitative estimate of drug-likeness (QED) is 0.716. The van der Waals surface area contributed by atoms with Gasteiger partial charge in [0.05, 0.1) is 30.6 Å². The van der Waals surface area contributed by atoms with E-state index < -0.39 is 13.9 Å². The summed E-state index contributed by atoms with van der Waals surface area (Å²) in [5.74, 6) is 0.492. The van der Waals surface area contributed by atoms with Crippen molar-refractivity contribution in [1.82, 2.24) is 15.1 Å². The van der Waals surface area contributed by atoms with Crippen molar-refractivity contribution in [2.45, 2.75) is 90.2 Å². The van der Waals surface area contributed by atoms with E-state index >= 15 is 0 Å². The highest BCUT2D eigenvalue weighted by Crippen LogP contribution is 2.53. The number of ether oxygens (including phenoxy) is 1. The van der Waals surface area contributed by atoms with Crippen LogP contribution < -0.4 is 0 Å². The van der Waals surface area contributed by atoms with Crippen LogP contribution in [-0.4, -0.2) is 41.7 Å². The molecule has 0 radical (unpaired) electrons. The minimum Gasteiger partial charge on any atom is -0.444 e. The van der Waals surface area contributed by atoms with Gasteiger partial charge in [-0.05, 0) is 57.7 Å². The lowest BCUT2D eigenvalue weighted by atomic mass is 10.1. The highest BCUT2D eigenvalue weighted by Gasteiger charge is 2.51. The number of carbonyl (C=O) groups excluding carboxylic acids is 1. The summed E-state index contributed by atoms with van der Waals surface area (Å²) in [6.45, 7) is 17.4. The first-order valence-corrected chi connectivity index (χ1v) is 12.9. The monoisotopic (exact) mass is 393 g/mol. The van der Waals surface area contributed by atoms with E-state index in [2.05, 4.69) is 44.1 Å². The number of amides is 1. The average Bonchev–Trinajstić information content (AvgIpc) is 3.11. The van der Waals surface area contributed by atoms with Gasteiger partial charge in [-0.3, -0.25) is 10.00 Å². The molecule has 1 aromatic heterocycles. The third-order valence-corrected chi connectivity index (χ3v) is 10.6. The molecular weight excluding hydrogens is 358 g/mol. The van der Waals surface area contributed by atoms with Crippen LogP contribution in [0.15, 0.2) is 6.20 Å². The molecule has 0 bridgehead atoms. The molecule has 2 unspecified atom stereocenters. The zero-order valence-corrected chi connectivity index (χ0v) is 19.0. The lowest BCUT2D eigenvalue weighted by Crippen LogP contribution is -2.45. The Labute approximate surface area is 164 Å². The Morgan fingerprint density at radius 2 is 1.89 bits per heavy atom. The standard InChI is InChI=1S/C20H35N3O3Si/c1-19(2,3)26-18(24)23-15(12-25-27(7,8)20(4,5)6)16-14(11-21-22-16)17(23)13-9-10-13/h11,13,15,17H,9-10,12H2,1-8H3,(H,21,22). The van der Waals surface area contributed by atoms with Crippen LogP contribution in [0.25, 0.3) is 0 Å². The largest absolute Gasteiger partial charge is 0.444 e. The average molecular weight is 394 g/mol. The Bertz CT molecular complexity index is 698. The molecule has 152 valence electrons. The maximum atomic E-state index is 13.1. The fourth-order valence-electron chi connectivity index (χ4n) is 3.41. The molecule has 1 saturated carbocycles. The summed E-state index contributed by atoms with van der Waals surface area (Å²) in [4.78, 5) is 15.0. The molecule has 3 rings (SSSR count). The molecule has 1 aromatic rings. The van der Waals surface area contributed by atoms with E-state index in [1.807, 2.05) is 31.9 Å². The van der Waals surface area contributed by atoms with Crippen LogP contribution in [0.1, 0.15) is 77.7 Å². The van der Waals surface area contributed by atoms with Crippen molar-refractivity contribution in [1.29, 1.82) is 0 Å². The summed E-state index contributed by atoms with van der Waals surface area (Å²) in [5.41, 5.74) is 1.62. The first-order valence-electron chi connectivity index (χ1n) is 10.0. The zero-order chi connectivity index (χ0) is 20.2. The molecule has 2 atom stereocenters. The molecule has 0 spiro atoms. The molecule has 0 saturated heterocycles. The predicted molar refractivity (Wildman–Crippen MR) is 108 cm³/mol. The predicted octanol–water partition coefficient (Wildman–Crippen LogP) is 5.17. The van der Waals surface area contributed by atoms with Gasteiger partial charge in [-0.2, -0.15) is 5.10 Å². The number of hydrogen-bond acceptors (Lipinski definition) is 4. The normalized spacial score (nSPS) is 23.5. The van der Waals surface area contributed by atoms with Gasteiger partial charge in [0, 0.05) is 5.56 Å². The molecular formula is C20H35N3O3Si. The summed E-state index contributed by atoms with van der Waals surface area (Å²) in [6.07, 6.45) is 3.91. The SMILES string of the molecule is CC(C)(C)OC(=O)N1C(CO[Si](C)(C)C(C)(C)C)c2[nH]ncc2C1C1CC1. The highest BCUT2D eigenvalue weighted by atomic mass is 28.4. The second-order valence-corrected chi connectivity index (χ2v) is 15.3. The third-order valence-electron chi connectivity index (χ3n) is 6.07. The molecule has 1 amide bonds. The minimum absolute atomic E-state index is 0.0432. The van der Waals surface area contributed by atoms with Gasteiger partial charge in [-0.15, -0.1) is 0 Å². The van der Waals surface area contributed by atoms with Crippen LogP contribution in [0.2, 0.25) is 18.1 Å². The molecule has 7 heteroatoms. The highest BCUT2D eigenvalue weighted by molar-refractivity contribution is 6.74. The van der Waals surface area contributed by atoms with Crippen molar-refractivity contribution in [2.24, 2.45) is 5.92 Å². The van der Waals surface area contributed by atoms with Crippen molar-refractivity contribution in [3.05, 3.63) is 17.5 Å². The molecule has 2 heterocycles. The Morgan fingerprint density at radius 3 is 2.41 bits per heavy atom. The Kier molecular flexibility index (Phi) is 5.00. The maximum absolute atomic E-state index is 13.1. The van der Waals surface area contributed by atoms with Crippen molar-refractivity contribution in [2.75, 3.05) is 6.61 Å². The van der Waals surface area contributed by atoms with Gasteiger partial charge in [0.1, 0.15) is 5.60 Å². The number of rotatable bonds is 4. The van der Waals surface area contributed by atoms with E-state index in [0.29, 0.717) is 12.5 Å². The number of H-pyrrole nitrogens is 1. The molecule has 1 N–H and O–H groups in total. The first-order chi connectivity index (χ1) is 12.3. The summed E-state index contributed by atoms with van der Waals surface area (Å²) < 4.78 is 12.3. The van der Waals surface area contributed by atoms with Gasteiger partial charge in [0.15, 0.2) is 8.32 Å². The van der Waals surface area contributed by atoms with E-state index in [1.54, 1.807) is 0 Å². The Morgan fingerprint density at radius 1 is 1.26 bits per heavy atom. The van der Waals surface area contributed by atoms with Crippen LogP contribution in [-0.2, 0) is 9.16 Å².